The molecule has 0 aliphatic carbocycles. The van der Waals surface area contributed by atoms with Crippen LogP contribution in [0.2, 0.25) is 0 Å². The van der Waals surface area contributed by atoms with Gasteiger partial charge in [0, 0.05) is 0 Å². The van der Waals surface area contributed by atoms with Crippen molar-refractivity contribution in [2.24, 2.45) is 0 Å². The van der Waals surface area contributed by atoms with E-state index in [1.807, 2.05) is 5.48 Å². The zero-order valence-electron chi connectivity index (χ0n) is 6.57. The molecule has 0 saturated heterocycles. The Bertz CT molecular complexity index is 285. The van der Waals surface area contributed by atoms with Gasteiger partial charge in [0.15, 0.2) is 0 Å². The van der Waals surface area contributed by atoms with Gasteiger partial charge in [-0.25, -0.2) is 4.79 Å². The SMILES string of the molecule is COC(=O)c1cccc(NO)c1. The fourth-order valence-corrected chi connectivity index (χ4v) is 0.834. The zero-order chi connectivity index (χ0) is 8.97. The minimum atomic E-state index is -0.424. The molecule has 0 atom stereocenters. The summed E-state index contributed by atoms with van der Waals surface area (Å²) in [6, 6.07) is 6.37. The van der Waals surface area contributed by atoms with Crippen LogP contribution in [0.3, 0.4) is 0 Å². The number of carbonyl (C=O) groups excluding carboxylic acids is 1. The van der Waals surface area contributed by atoms with Gasteiger partial charge < -0.3 is 4.74 Å². The van der Waals surface area contributed by atoms with Crippen molar-refractivity contribution in [2.45, 2.75) is 0 Å². The third-order valence-electron chi connectivity index (χ3n) is 1.41. The normalized spacial score (nSPS) is 9.17. The predicted octanol–water partition coefficient (Wildman–Crippen LogP) is 1.27. The van der Waals surface area contributed by atoms with Gasteiger partial charge >= 0.3 is 5.97 Å². The fraction of sp³-hybridized carbons (Fsp3) is 0.125. The van der Waals surface area contributed by atoms with Gasteiger partial charge in [0.05, 0.1) is 18.4 Å². The number of esters is 1. The number of methoxy groups -OCH3 is 1. The third-order valence-corrected chi connectivity index (χ3v) is 1.41. The maximum atomic E-state index is 10.9. The number of rotatable bonds is 2. The Kier molecular flexibility index (Phi) is 2.66. The maximum absolute atomic E-state index is 10.9. The highest BCUT2D eigenvalue weighted by Crippen LogP contribution is 2.09. The van der Waals surface area contributed by atoms with E-state index in [2.05, 4.69) is 4.74 Å². The van der Waals surface area contributed by atoms with Crippen molar-refractivity contribution in [3.05, 3.63) is 29.8 Å². The number of nitrogens with one attached hydrogen (secondary N) is 1. The summed E-state index contributed by atoms with van der Waals surface area (Å²) < 4.78 is 4.49. The van der Waals surface area contributed by atoms with Crippen LogP contribution in [0.25, 0.3) is 0 Å². The molecule has 0 aromatic heterocycles. The van der Waals surface area contributed by atoms with Crippen LogP contribution < -0.4 is 5.48 Å². The first kappa shape index (κ1) is 8.55. The Morgan fingerprint density at radius 2 is 2.33 bits per heavy atom. The molecule has 4 heteroatoms. The molecule has 2 N–H and O–H groups in total. The number of hydrogen-bond donors (Lipinski definition) is 2. The van der Waals surface area contributed by atoms with Crippen molar-refractivity contribution in [3.8, 4) is 0 Å². The Labute approximate surface area is 69.7 Å². The van der Waals surface area contributed by atoms with Gasteiger partial charge in [0.1, 0.15) is 0 Å². The molecule has 0 fully saturated rings. The third kappa shape index (κ3) is 1.73. The van der Waals surface area contributed by atoms with Crippen molar-refractivity contribution in [3.63, 3.8) is 0 Å². The number of ether oxygens (including phenoxy) is 1. The van der Waals surface area contributed by atoms with Crippen molar-refractivity contribution in [2.75, 3.05) is 12.6 Å². The second kappa shape index (κ2) is 3.73. The first-order chi connectivity index (χ1) is 5.77. The number of carbonyl (C=O) groups is 1. The molecule has 0 bridgehead atoms. The summed E-state index contributed by atoms with van der Waals surface area (Å²) in [5.74, 6) is -0.424. The minimum absolute atomic E-state index is 0.400. The van der Waals surface area contributed by atoms with Gasteiger partial charge in [-0.2, -0.15) is 0 Å². The molecular formula is C8H9NO3. The van der Waals surface area contributed by atoms with E-state index in [4.69, 9.17) is 5.21 Å². The summed E-state index contributed by atoms with van der Waals surface area (Å²) in [4.78, 5) is 10.9. The molecule has 0 spiro atoms. The van der Waals surface area contributed by atoms with Gasteiger partial charge in [-0.3, -0.25) is 10.7 Å². The van der Waals surface area contributed by atoms with Crippen molar-refractivity contribution < 1.29 is 14.7 Å². The Morgan fingerprint density at radius 3 is 2.92 bits per heavy atom. The molecule has 1 rings (SSSR count). The molecule has 0 heterocycles. The van der Waals surface area contributed by atoms with Crippen LogP contribution in [-0.2, 0) is 4.74 Å². The topological polar surface area (TPSA) is 58.6 Å². The second-order valence-corrected chi connectivity index (χ2v) is 2.18. The molecule has 64 valence electrons. The molecule has 12 heavy (non-hydrogen) atoms. The molecule has 4 nitrogen and oxygen atoms in total. The lowest BCUT2D eigenvalue weighted by atomic mass is 10.2. The lowest BCUT2D eigenvalue weighted by Gasteiger charge is -2.01. The van der Waals surface area contributed by atoms with E-state index < -0.39 is 5.97 Å². The van der Waals surface area contributed by atoms with Crippen LogP contribution in [0, 0.1) is 0 Å². The van der Waals surface area contributed by atoms with Gasteiger partial charge in [-0.15, -0.1) is 0 Å². The standard InChI is InChI=1S/C8H9NO3/c1-12-8(10)6-3-2-4-7(5-6)9-11/h2-5,9,11H,1H3. The quantitative estimate of drug-likeness (QED) is 0.514. The number of hydrogen-bond acceptors (Lipinski definition) is 4. The molecule has 0 saturated carbocycles. The molecule has 0 radical (unpaired) electrons. The fourth-order valence-electron chi connectivity index (χ4n) is 0.834. The highest BCUT2D eigenvalue weighted by atomic mass is 16.5. The highest BCUT2D eigenvalue weighted by molar-refractivity contribution is 5.90. The largest absolute Gasteiger partial charge is 0.465 e. The van der Waals surface area contributed by atoms with Crippen molar-refractivity contribution in [1.82, 2.24) is 0 Å². The summed E-state index contributed by atoms with van der Waals surface area (Å²) in [5.41, 5.74) is 2.79. The molecule has 1 aromatic carbocycles. The number of anilines is 1. The van der Waals surface area contributed by atoms with Crippen LogP contribution in [-0.4, -0.2) is 18.3 Å². The summed E-state index contributed by atoms with van der Waals surface area (Å²) in [7, 11) is 1.31. The van der Waals surface area contributed by atoms with Gasteiger partial charge in [0.2, 0.25) is 0 Å². The van der Waals surface area contributed by atoms with Crippen LogP contribution in [0.15, 0.2) is 24.3 Å². The van der Waals surface area contributed by atoms with Crippen LogP contribution >= 0.6 is 0 Å². The van der Waals surface area contributed by atoms with Crippen LogP contribution in [0.4, 0.5) is 5.69 Å². The zero-order valence-corrected chi connectivity index (χ0v) is 6.57. The average Bonchev–Trinajstić information content (AvgIpc) is 2.17. The average molecular weight is 167 g/mol. The molecule has 0 amide bonds. The van der Waals surface area contributed by atoms with E-state index in [1.165, 1.54) is 13.2 Å². The van der Waals surface area contributed by atoms with Crippen molar-refractivity contribution in [1.29, 1.82) is 0 Å². The predicted molar refractivity (Wildman–Crippen MR) is 43.2 cm³/mol. The lowest BCUT2D eigenvalue weighted by molar-refractivity contribution is 0.0601. The van der Waals surface area contributed by atoms with E-state index in [0.29, 0.717) is 11.3 Å². The molecular weight excluding hydrogens is 158 g/mol. The Hall–Kier alpha value is -1.55. The van der Waals surface area contributed by atoms with Crippen molar-refractivity contribution >= 4 is 11.7 Å². The van der Waals surface area contributed by atoms with E-state index >= 15 is 0 Å². The van der Waals surface area contributed by atoms with Gasteiger partial charge in [0.25, 0.3) is 0 Å². The molecule has 0 unspecified atom stereocenters. The maximum Gasteiger partial charge on any atom is 0.337 e. The van der Waals surface area contributed by atoms with E-state index in [-0.39, 0.29) is 0 Å². The minimum Gasteiger partial charge on any atom is -0.465 e. The first-order valence-electron chi connectivity index (χ1n) is 3.36. The van der Waals surface area contributed by atoms with Gasteiger partial charge in [-0.1, -0.05) is 6.07 Å². The summed E-state index contributed by atoms with van der Waals surface area (Å²) in [6.45, 7) is 0. The van der Waals surface area contributed by atoms with Gasteiger partial charge in [-0.05, 0) is 18.2 Å². The van der Waals surface area contributed by atoms with Crippen LogP contribution in [0.5, 0.6) is 0 Å². The molecule has 0 aliphatic rings. The van der Waals surface area contributed by atoms with E-state index in [0.717, 1.165) is 0 Å². The first-order valence-corrected chi connectivity index (χ1v) is 3.36. The Balaban J connectivity index is 2.93. The second-order valence-electron chi connectivity index (χ2n) is 2.18. The molecule has 0 aliphatic heterocycles. The Morgan fingerprint density at radius 1 is 1.58 bits per heavy atom. The molecule has 1 aromatic rings. The highest BCUT2D eigenvalue weighted by Gasteiger charge is 2.04. The van der Waals surface area contributed by atoms with E-state index in [9.17, 15) is 4.79 Å². The smallest absolute Gasteiger partial charge is 0.337 e. The lowest BCUT2D eigenvalue weighted by Crippen LogP contribution is -2.01. The summed E-state index contributed by atoms with van der Waals surface area (Å²) >= 11 is 0. The van der Waals surface area contributed by atoms with Crippen LogP contribution in [0.1, 0.15) is 10.4 Å². The summed E-state index contributed by atoms with van der Waals surface area (Å²) in [6.07, 6.45) is 0. The monoisotopic (exact) mass is 167 g/mol. The summed E-state index contributed by atoms with van der Waals surface area (Å²) in [5, 5.41) is 8.51. The number of benzene rings is 1. The van der Waals surface area contributed by atoms with E-state index in [1.54, 1.807) is 18.2 Å².